The zero-order valence-corrected chi connectivity index (χ0v) is 18.7. The fraction of sp³-hybridized carbons (Fsp3) is 0.440. The van der Waals surface area contributed by atoms with E-state index in [4.69, 9.17) is 14.2 Å². The molecule has 2 aromatic carbocycles. The average molecular weight is 467 g/mol. The zero-order chi connectivity index (χ0) is 23.2. The lowest BCUT2D eigenvalue weighted by atomic mass is 9.93. The second-order valence-corrected chi connectivity index (χ2v) is 9.11. The van der Waals surface area contributed by atoms with Crippen molar-refractivity contribution in [3.63, 3.8) is 0 Å². The number of benzene rings is 2. The third kappa shape index (κ3) is 3.64. The summed E-state index contributed by atoms with van der Waals surface area (Å²) in [6, 6.07) is 8.75. The molecule has 0 aromatic heterocycles. The molecule has 0 aliphatic carbocycles. The molecular weight excluding hydrogens is 441 g/mol. The number of amides is 2. The number of carbonyl (C=O) groups excluding carboxylic acids is 2. The molecular formula is C25H26FN3O5. The van der Waals surface area contributed by atoms with E-state index in [0.717, 1.165) is 11.3 Å². The molecule has 1 fully saturated rings. The maximum Gasteiger partial charge on any atom is 0.414 e. The first-order chi connectivity index (χ1) is 16.6. The topological polar surface area (TPSA) is 80.3 Å². The van der Waals surface area contributed by atoms with Crippen LogP contribution in [0.2, 0.25) is 0 Å². The van der Waals surface area contributed by atoms with Crippen molar-refractivity contribution in [2.24, 2.45) is 0 Å². The van der Waals surface area contributed by atoms with Gasteiger partial charge in [-0.1, -0.05) is 6.07 Å². The first-order valence-electron chi connectivity index (χ1n) is 11.8. The highest BCUT2D eigenvalue weighted by atomic mass is 19.1. The predicted octanol–water partition coefficient (Wildman–Crippen LogP) is 2.98. The molecule has 0 radical (unpaired) electrons. The number of nitrogens with zero attached hydrogens (tertiary/aromatic N) is 2. The summed E-state index contributed by atoms with van der Waals surface area (Å²) in [4.78, 5) is 28.1. The van der Waals surface area contributed by atoms with E-state index in [1.54, 1.807) is 28.0 Å². The third-order valence-electron chi connectivity index (χ3n) is 6.99. The molecule has 9 heteroatoms. The fourth-order valence-corrected chi connectivity index (χ4v) is 5.36. The quantitative estimate of drug-likeness (QED) is 0.658. The molecule has 0 saturated carbocycles. The van der Waals surface area contributed by atoms with Crippen LogP contribution in [-0.4, -0.2) is 57.5 Å². The minimum Gasteiger partial charge on any atom is -0.486 e. The molecule has 4 aliphatic rings. The van der Waals surface area contributed by atoms with Crippen LogP contribution >= 0.6 is 0 Å². The van der Waals surface area contributed by atoms with Crippen molar-refractivity contribution in [3.8, 4) is 11.5 Å². The lowest BCUT2D eigenvalue weighted by Crippen LogP contribution is -2.34. The number of anilines is 2. The van der Waals surface area contributed by atoms with Crippen molar-refractivity contribution in [1.82, 2.24) is 5.32 Å². The largest absolute Gasteiger partial charge is 0.486 e. The molecule has 1 unspecified atom stereocenters. The Bertz CT molecular complexity index is 1160. The van der Waals surface area contributed by atoms with E-state index >= 15 is 0 Å². The third-order valence-corrected chi connectivity index (χ3v) is 6.99. The van der Waals surface area contributed by atoms with E-state index in [9.17, 15) is 14.0 Å². The van der Waals surface area contributed by atoms with E-state index in [1.807, 2.05) is 6.07 Å². The minimum absolute atomic E-state index is 0.0372. The average Bonchev–Trinajstić information content (AvgIpc) is 3.42. The van der Waals surface area contributed by atoms with Crippen molar-refractivity contribution in [3.05, 3.63) is 47.3 Å². The number of cyclic esters (lactones) is 1. The van der Waals surface area contributed by atoms with Crippen molar-refractivity contribution in [2.45, 2.75) is 31.3 Å². The molecule has 0 spiro atoms. The Balaban J connectivity index is 1.04. The van der Waals surface area contributed by atoms with Gasteiger partial charge < -0.3 is 24.4 Å². The van der Waals surface area contributed by atoms with Crippen molar-refractivity contribution < 1.29 is 28.2 Å². The summed E-state index contributed by atoms with van der Waals surface area (Å²) in [6.45, 7) is 3.08. The molecule has 0 bridgehead atoms. The summed E-state index contributed by atoms with van der Waals surface area (Å²) in [6.07, 6.45) is 1.17. The van der Waals surface area contributed by atoms with Crippen molar-refractivity contribution in [1.29, 1.82) is 0 Å². The SMILES string of the molecule is O=C1O[C@H](CNCCC2CN3C(=O)CCc4ccc(F)c2c43)CN1c1ccc2c(c1)OCCO2. The van der Waals surface area contributed by atoms with E-state index in [2.05, 4.69) is 5.32 Å². The number of rotatable bonds is 6. The number of ether oxygens (including phenoxy) is 3. The summed E-state index contributed by atoms with van der Waals surface area (Å²) >= 11 is 0. The van der Waals surface area contributed by atoms with Gasteiger partial charge >= 0.3 is 6.09 Å². The van der Waals surface area contributed by atoms with Gasteiger partial charge in [0.2, 0.25) is 5.91 Å². The molecule has 1 N–H and O–H groups in total. The van der Waals surface area contributed by atoms with Crippen LogP contribution in [0.5, 0.6) is 11.5 Å². The highest BCUT2D eigenvalue weighted by Crippen LogP contribution is 2.44. The number of nitrogens with one attached hydrogen (secondary N) is 1. The van der Waals surface area contributed by atoms with Gasteiger partial charge in [-0.25, -0.2) is 9.18 Å². The minimum atomic E-state index is -0.393. The normalized spacial score (nSPS) is 22.7. The van der Waals surface area contributed by atoms with Crippen LogP contribution < -0.4 is 24.6 Å². The number of hydrogen-bond donors (Lipinski definition) is 1. The molecule has 4 heterocycles. The Kier molecular flexibility index (Phi) is 5.28. The van der Waals surface area contributed by atoms with Crippen LogP contribution in [0.3, 0.4) is 0 Å². The Morgan fingerprint density at radius 3 is 2.74 bits per heavy atom. The van der Waals surface area contributed by atoms with Gasteiger partial charge in [-0.3, -0.25) is 9.69 Å². The number of aryl methyl sites for hydroxylation is 1. The van der Waals surface area contributed by atoms with E-state index in [-0.39, 0.29) is 23.7 Å². The summed E-state index contributed by atoms with van der Waals surface area (Å²) in [5.41, 5.74) is 3.23. The summed E-state index contributed by atoms with van der Waals surface area (Å²) in [5, 5.41) is 3.35. The first kappa shape index (κ1) is 21.2. The molecule has 2 amide bonds. The lowest BCUT2D eigenvalue weighted by Gasteiger charge is -2.25. The van der Waals surface area contributed by atoms with Gasteiger partial charge in [0.15, 0.2) is 11.5 Å². The lowest BCUT2D eigenvalue weighted by molar-refractivity contribution is -0.118. The van der Waals surface area contributed by atoms with Crippen molar-refractivity contribution >= 4 is 23.4 Å². The van der Waals surface area contributed by atoms with Gasteiger partial charge in [-0.2, -0.15) is 0 Å². The molecule has 34 heavy (non-hydrogen) atoms. The predicted molar refractivity (Wildman–Crippen MR) is 122 cm³/mol. The Morgan fingerprint density at radius 2 is 1.85 bits per heavy atom. The van der Waals surface area contributed by atoms with Gasteiger partial charge in [0.1, 0.15) is 25.1 Å². The summed E-state index contributed by atoms with van der Waals surface area (Å²) < 4.78 is 31.3. The van der Waals surface area contributed by atoms with Gasteiger partial charge in [-0.05, 0) is 43.1 Å². The maximum absolute atomic E-state index is 14.7. The molecule has 1 saturated heterocycles. The number of carbonyl (C=O) groups is 2. The van der Waals surface area contributed by atoms with Gasteiger partial charge in [0.05, 0.1) is 17.9 Å². The standard InChI is InChI=1S/C25H26FN3O5/c26-19-4-1-15-2-6-22(30)29-13-16(23(19)24(15)29)7-8-27-12-18-14-28(25(31)34-18)17-3-5-20-21(11-17)33-10-9-32-20/h1,3-5,11,16,18,27H,2,6-10,12-14H2/t16?,18-/m1/s1. The Morgan fingerprint density at radius 1 is 1.00 bits per heavy atom. The fourth-order valence-electron chi connectivity index (χ4n) is 5.36. The van der Waals surface area contributed by atoms with Crippen LogP contribution in [-0.2, 0) is 16.0 Å². The number of hydrogen-bond acceptors (Lipinski definition) is 6. The second kappa shape index (κ2) is 8.47. The first-order valence-corrected chi connectivity index (χ1v) is 11.8. The Hall–Kier alpha value is -3.33. The number of halogens is 1. The zero-order valence-electron chi connectivity index (χ0n) is 18.7. The van der Waals surface area contributed by atoms with Crippen LogP contribution in [0, 0.1) is 5.82 Å². The molecule has 4 aliphatic heterocycles. The van der Waals surface area contributed by atoms with E-state index in [0.29, 0.717) is 81.4 Å². The smallest absolute Gasteiger partial charge is 0.414 e. The van der Waals surface area contributed by atoms with Gasteiger partial charge in [0.25, 0.3) is 0 Å². The number of fused-ring (bicyclic) bond motifs is 1. The highest BCUT2D eigenvalue weighted by Gasteiger charge is 2.38. The van der Waals surface area contributed by atoms with Gasteiger partial charge in [0, 0.05) is 37.1 Å². The molecule has 178 valence electrons. The summed E-state index contributed by atoms with van der Waals surface area (Å²) in [5.74, 6) is 1.10. The molecule has 6 rings (SSSR count). The van der Waals surface area contributed by atoms with Gasteiger partial charge in [-0.15, -0.1) is 0 Å². The highest BCUT2D eigenvalue weighted by molar-refractivity contribution is 5.99. The monoisotopic (exact) mass is 467 g/mol. The van der Waals surface area contributed by atoms with E-state index in [1.165, 1.54) is 6.07 Å². The van der Waals surface area contributed by atoms with Crippen LogP contribution in [0.4, 0.5) is 20.6 Å². The van der Waals surface area contributed by atoms with Crippen molar-refractivity contribution in [2.75, 3.05) is 49.2 Å². The summed E-state index contributed by atoms with van der Waals surface area (Å²) in [7, 11) is 0. The molecule has 8 nitrogen and oxygen atoms in total. The van der Waals surface area contributed by atoms with Crippen LogP contribution in [0.15, 0.2) is 30.3 Å². The van der Waals surface area contributed by atoms with Crippen LogP contribution in [0.25, 0.3) is 0 Å². The van der Waals surface area contributed by atoms with Crippen LogP contribution in [0.1, 0.15) is 29.9 Å². The second-order valence-electron chi connectivity index (χ2n) is 9.11. The van der Waals surface area contributed by atoms with E-state index < -0.39 is 6.09 Å². The molecule has 2 atom stereocenters. The Labute approximate surface area is 196 Å². The molecule has 2 aromatic rings. The maximum atomic E-state index is 14.7.